The van der Waals surface area contributed by atoms with E-state index >= 15 is 0 Å². The Labute approximate surface area is 135 Å². The van der Waals surface area contributed by atoms with E-state index < -0.39 is 0 Å². The van der Waals surface area contributed by atoms with Gasteiger partial charge < -0.3 is 9.84 Å². The van der Waals surface area contributed by atoms with Crippen molar-refractivity contribution >= 4 is 0 Å². The third-order valence-electron chi connectivity index (χ3n) is 4.21. The minimum atomic E-state index is -0.265. The molecule has 3 rings (SSSR count). The molecule has 1 aliphatic heterocycles. The molecule has 1 fully saturated rings. The number of ether oxygens (including phenoxy) is 1. The van der Waals surface area contributed by atoms with E-state index in [1.165, 1.54) is 6.07 Å². The Bertz CT molecular complexity index is 686. The van der Waals surface area contributed by atoms with Crippen LogP contribution in [0.25, 0.3) is 5.69 Å². The van der Waals surface area contributed by atoms with Gasteiger partial charge >= 0.3 is 0 Å². The fourth-order valence-corrected chi connectivity index (χ4v) is 3.04. The molecule has 6 heteroatoms. The molecule has 0 spiro atoms. The molecule has 1 saturated heterocycles. The molecule has 0 saturated carbocycles. The molecule has 0 radical (unpaired) electrons. The van der Waals surface area contributed by atoms with Gasteiger partial charge in [0.1, 0.15) is 5.82 Å². The molecular formula is C17H22FN3O2. The Hall–Kier alpha value is -1.76. The molecule has 23 heavy (non-hydrogen) atoms. The number of hydrogen-bond donors (Lipinski definition) is 1. The van der Waals surface area contributed by atoms with E-state index in [4.69, 9.17) is 4.74 Å². The normalized spacial score (nSPS) is 19.2. The third-order valence-corrected chi connectivity index (χ3v) is 4.21. The van der Waals surface area contributed by atoms with Crippen LogP contribution in [-0.4, -0.2) is 52.2 Å². The van der Waals surface area contributed by atoms with Crippen LogP contribution in [0.5, 0.6) is 0 Å². The van der Waals surface area contributed by atoms with Crippen LogP contribution < -0.4 is 0 Å². The molecule has 2 aromatic rings. The van der Waals surface area contributed by atoms with Crippen molar-refractivity contribution in [2.24, 2.45) is 0 Å². The monoisotopic (exact) mass is 319 g/mol. The van der Waals surface area contributed by atoms with Gasteiger partial charge in [0.15, 0.2) is 0 Å². The van der Waals surface area contributed by atoms with Gasteiger partial charge in [-0.25, -0.2) is 9.07 Å². The average molecular weight is 319 g/mol. The smallest absolute Gasteiger partial charge is 0.123 e. The Kier molecular flexibility index (Phi) is 4.75. The summed E-state index contributed by atoms with van der Waals surface area (Å²) in [5.74, 6) is -0.265. The lowest BCUT2D eigenvalue weighted by atomic mass is 10.1. The van der Waals surface area contributed by atoms with E-state index in [9.17, 15) is 9.50 Å². The number of aryl methyl sites for hydroxylation is 2. The number of rotatable bonds is 4. The van der Waals surface area contributed by atoms with Gasteiger partial charge in [-0.1, -0.05) is 0 Å². The Morgan fingerprint density at radius 1 is 1.35 bits per heavy atom. The van der Waals surface area contributed by atoms with Gasteiger partial charge in [-0.15, -0.1) is 0 Å². The Balaban J connectivity index is 1.95. The van der Waals surface area contributed by atoms with Gasteiger partial charge in [-0.3, -0.25) is 4.90 Å². The van der Waals surface area contributed by atoms with Gasteiger partial charge in [0, 0.05) is 18.8 Å². The van der Waals surface area contributed by atoms with Crippen molar-refractivity contribution in [1.29, 1.82) is 0 Å². The summed E-state index contributed by atoms with van der Waals surface area (Å²) in [4.78, 5) is 2.13. The Morgan fingerprint density at radius 2 is 2.17 bits per heavy atom. The number of aromatic nitrogens is 2. The summed E-state index contributed by atoms with van der Waals surface area (Å²) in [6.45, 7) is 6.36. The molecule has 1 aromatic carbocycles. The molecule has 1 aromatic heterocycles. The highest BCUT2D eigenvalue weighted by atomic mass is 19.1. The summed E-state index contributed by atoms with van der Waals surface area (Å²) >= 11 is 0. The second kappa shape index (κ2) is 6.78. The highest BCUT2D eigenvalue weighted by molar-refractivity contribution is 5.42. The molecule has 124 valence electrons. The molecule has 2 heterocycles. The lowest BCUT2D eigenvalue weighted by Gasteiger charge is -2.34. The van der Waals surface area contributed by atoms with Gasteiger partial charge in [0.05, 0.1) is 37.2 Å². The largest absolute Gasteiger partial charge is 0.395 e. The fraction of sp³-hybridized carbons (Fsp3) is 0.471. The van der Waals surface area contributed by atoms with Crippen LogP contribution in [0.1, 0.15) is 17.0 Å². The third kappa shape index (κ3) is 3.44. The highest BCUT2D eigenvalue weighted by Crippen LogP contribution is 2.22. The summed E-state index contributed by atoms with van der Waals surface area (Å²) in [7, 11) is 0. The van der Waals surface area contributed by atoms with E-state index in [-0.39, 0.29) is 18.5 Å². The molecular weight excluding hydrogens is 297 g/mol. The van der Waals surface area contributed by atoms with Crippen LogP contribution >= 0.6 is 0 Å². The Morgan fingerprint density at radius 3 is 2.87 bits per heavy atom. The lowest BCUT2D eigenvalue weighted by Crippen LogP contribution is -2.47. The van der Waals surface area contributed by atoms with Gasteiger partial charge in [0.2, 0.25) is 0 Å². The zero-order valence-electron chi connectivity index (χ0n) is 13.5. The summed E-state index contributed by atoms with van der Waals surface area (Å²) in [5.41, 5.74) is 3.67. The average Bonchev–Trinajstić information content (AvgIpc) is 2.86. The van der Waals surface area contributed by atoms with Crippen molar-refractivity contribution in [3.05, 3.63) is 47.0 Å². The van der Waals surface area contributed by atoms with Gasteiger partial charge in [-0.2, -0.15) is 5.10 Å². The van der Waals surface area contributed by atoms with Crippen molar-refractivity contribution in [3.63, 3.8) is 0 Å². The quantitative estimate of drug-likeness (QED) is 0.934. The zero-order chi connectivity index (χ0) is 16.4. The SMILES string of the molecule is Cc1cc(C)n(-c2ccc(F)cc2CN2CCOCC2CO)n1. The lowest BCUT2D eigenvalue weighted by molar-refractivity contribution is -0.0313. The van der Waals surface area contributed by atoms with Crippen LogP contribution in [0.2, 0.25) is 0 Å². The fourth-order valence-electron chi connectivity index (χ4n) is 3.04. The summed E-state index contributed by atoms with van der Waals surface area (Å²) in [6.07, 6.45) is 0. The topological polar surface area (TPSA) is 50.5 Å². The molecule has 0 aliphatic carbocycles. The van der Waals surface area contributed by atoms with Crippen LogP contribution in [-0.2, 0) is 11.3 Å². The van der Waals surface area contributed by atoms with Crippen molar-refractivity contribution in [2.45, 2.75) is 26.4 Å². The number of nitrogens with zero attached hydrogens (tertiary/aromatic N) is 3. The summed E-state index contributed by atoms with van der Waals surface area (Å²) in [5, 5.41) is 14.0. The first kappa shape index (κ1) is 16.1. The second-order valence-corrected chi connectivity index (χ2v) is 5.99. The maximum absolute atomic E-state index is 13.8. The van der Waals surface area contributed by atoms with Crippen LogP contribution in [0, 0.1) is 19.7 Å². The van der Waals surface area contributed by atoms with Gasteiger partial charge in [-0.05, 0) is 43.7 Å². The van der Waals surface area contributed by atoms with Crippen molar-refractivity contribution in [3.8, 4) is 5.69 Å². The summed E-state index contributed by atoms with van der Waals surface area (Å²) in [6, 6.07) is 6.71. The van der Waals surface area contributed by atoms with E-state index in [1.54, 1.807) is 12.1 Å². The number of aliphatic hydroxyl groups is 1. The van der Waals surface area contributed by atoms with Crippen molar-refractivity contribution in [2.75, 3.05) is 26.4 Å². The van der Waals surface area contributed by atoms with Crippen LogP contribution in [0.4, 0.5) is 4.39 Å². The van der Waals surface area contributed by atoms with E-state index in [0.717, 1.165) is 29.2 Å². The minimum absolute atomic E-state index is 0.0323. The van der Waals surface area contributed by atoms with E-state index in [1.807, 2.05) is 24.6 Å². The van der Waals surface area contributed by atoms with Crippen LogP contribution in [0.15, 0.2) is 24.3 Å². The predicted octanol–water partition coefficient (Wildman–Crippen LogP) is 1.82. The van der Waals surface area contributed by atoms with Gasteiger partial charge in [0.25, 0.3) is 0 Å². The van der Waals surface area contributed by atoms with Crippen molar-refractivity contribution < 1.29 is 14.2 Å². The number of aliphatic hydroxyl groups excluding tert-OH is 1. The maximum Gasteiger partial charge on any atom is 0.123 e. The maximum atomic E-state index is 13.8. The molecule has 1 aliphatic rings. The number of hydrogen-bond acceptors (Lipinski definition) is 4. The molecule has 1 atom stereocenters. The first-order valence-electron chi connectivity index (χ1n) is 7.83. The molecule has 1 unspecified atom stereocenters. The minimum Gasteiger partial charge on any atom is -0.395 e. The standard InChI is InChI=1S/C17H22FN3O2/c1-12-7-13(2)21(19-12)17-4-3-15(18)8-14(17)9-20-5-6-23-11-16(20)10-22/h3-4,7-8,16,22H,5-6,9-11H2,1-2H3. The first-order chi connectivity index (χ1) is 11.1. The van der Waals surface area contributed by atoms with E-state index in [2.05, 4.69) is 10.00 Å². The van der Waals surface area contributed by atoms with Crippen molar-refractivity contribution in [1.82, 2.24) is 14.7 Å². The molecule has 0 bridgehead atoms. The molecule has 0 amide bonds. The van der Waals surface area contributed by atoms with E-state index in [0.29, 0.717) is 19.8 Å². The highest BCUT2D eigenvalue weighted by Gasteiger charge is 2.23. The second-order valence-electron chi connectivity index (χ2n) is 5.99. The number of morpholine rings is 1. The molecule has 1 N–H and O–H groups in total. The number of halogens is 1. The summed E-state index contributed by atoms with van der Waals surface area (Å²) < 4.78 is 21.0. The first-order valence-corrected chi connectivity index (χ1v) is 7.83. The number of benzene rings is 1. The molecule has 5 nitrogen and oxygen atoms in total. The van der Waals surface area contributed by atoms with Crippen LogP contribution in [0.3, 0.4) is 0 Å². The zero-order valence-corrected chi connectivity index (χ0v) is 13.5. The predicted molar refractivity (Wildman–Crippen MR) is 85.1 cm³/mol.